The molecule has 2 amide bonds. The average molecular weight is 274 g/mol. The van der Waals surface area contributed by atoms with Crippen LogP contribution in [0.1, 0.15) is 30.1 Å². The van der Waals surface area contributed by atoms with Gasteiger partial charge in [-0.1, -0.05) is 6.92 Å². The zero-order valence-electron chi connectivity index (χ0n) is 11.5. The van der Waals surface area contributed by atoms with Crippen LogP contribution < -0.4 is 10.1 Å². The van der Waals surface area contributed by atoms with E-state index >= 15 is 0 Å². The summed E-state index contributed by atoms with van der Waals surface area (Å²) < 4.78 is 5.35. The lowest BCUT2D eigenvalue weighted by molar-refractivity contribution is -0.118. The van der Waals surface area contributed by atoms with E-state index in [1.54, 1.807) is 18.2 Å². The van der Waals surface area contributed by atoms with Gasteiger partial charge < -0.3 is 15.0 Å². The van der Waals surface area contributed by atoms with Gasteiger partial charge in [-0.05, 0) is 37.0 Å². The molecule has 0 spiro atoms. The Morgan fingerprint density at radius 2 is 2.10 bits per heavy atom. The third kappa shape index (κ3) is 2.48. The maximum absolute atomic E-state index is 12.4. The molecule has 1 aromatic rings. The Bertz CT molecular complexity index is 548. The van der Waals surface area contributed by atoms with Gasteiger partial charge in [-0.2, -0.15) is 0 Å². The quantitative estimate of drug-likeness (QED) is 0.850. The molecule has 0 atom stereocenters. The van der Waals surface area contributed by atoms with Crippen molar-refractivity contribution in [1.29, 1.82) is 0 Å². The Morgan fingerprint density at radius 3 is 2.85 bits per heavy atom. The lowest BCUT2D eigenvalue weighted by Gasteiger charge is -2.30. The third-order valence-electron chi connectivity index (χ3n) is 3.93. The third-order valence-corrected chi connectivity index (χ3v) is 3.93. The lowest BCUT2D eigenvalue weighted by Crippen LogP contribution is -2.38. The molecular formula is C15H18N2O3. The Kier molecular flexibility index (Phi) is 3.34. The van der Waals surface area contributed by atoms with E-state index in [1.165, 1.54) is 0 Å². The Labute approximate surface area is 117 Å². The topological polar surface area (TPSA) is 58.6 Å². The van der Waals surface area contributed by atoms with Crippen molar-refractivity contribution >= 4 is 17.5 Å². The number of fused-ring (bicyclic) bond motifs is 1. The number of nitrogens with one attached hydrogen (secondary N) is 1. The van der Waals surface area contributed by atoms with Crippen LogP contribution in [0.15, 0.2) is 18.2 Å². The van der Waals surface area contributed by atoms with Crippen molar-refractivity contribution in [3.8, 4) is 5.75 Å². The van der Waals surface area contributed by atoms with Crippen LogP contribution in [0.3, 0.4) is 0 Å². The van der Waals surface area contributed by atoms with Gasteiger partial charge in [-0.3, -0.25) is 9.59 Å². The summed E-state index contributed by atoms with van der Waals surface area (Å²) in [5.74, 6) is 1.14. The number of anilines is 1. The van der Waals surface area contributed by atoms with E-state index in [0.717, 1.165) is 25.9 Å². The van der Waals surface area contributed by atoms with Gasteiger partial charge >= 0.3 is 0 Å². The predicted molar refractivity (Wildman–Crippen MR) is 74.9 cm³/mol. The number of carbonyl (C=O) groups is 2. The van der Waals surface area contributed by atoms with Crippen LogP contribution in [0.4, 0.5) is 5.69 Å². The number of piperidine rings is 1. The first-order chi connectivity index (χ1) is 9.63. The molecule has 5 heteroatoms. The van der Waals surface area contributed by atoms with Gasteiger partial charge in [0, 0.05) is 18.7 Å². The van der Waals surface area contributed by atoms with Crippen LogP contribution in [-0.2, 0) is 4.79 Å². The molecule has 2 aliphatic heterocycles. The molecule has 0 bridgehead atoms. The normalized spacial score (nSPS) is 19.1. The number of hydrogen-bond acceptors (Lipinski definition) is 3. The summed E-state index contributed by atoms with van der Waals surface area (Å²) in [6, 6.07) is 5.19. The second-order valence-electron chi connectivity index (χ2n) is 5.52. The van der Waals surface area contributed by atoms with Crippen LogP contribution in [0.25, 0.3) is 0 Å². The van der Waals surface area contributed by atoms with Gasteiger partial charge in [0.15, 0.2) is 6.61 Å². The van der Waals surface area contributed by atoms with Crippen LogP contribution in [-0.4, -0.2) is 36.4 Å². The van der Waals surface area contributed by atoms with Crippen molar-refractivity contribution in [2.24, 2.45) is 5.92 Å². The van der Waals surface area contributed by atoms with Gasteiger partial charge in [0.25, 0.3) is 11.8 Å². The first kappa shape index (κ1) is 13.0. The van der Waals surface area contributed by atoms with Gasteiger partial charge in [-0.15, -0.1) is 0 Å². The summed E-state index contributed by atoms with van der Waals surface area (Å²) in [4.78, 5) is 25.5. The van der Waals surface area contributed by atoms with Crippen LogP contribution in [0.5, 0.6) is 5.75 Å². The van der Waals surface area contributed by atoms with Gasteiger partial charge in [-0.25, -0.2) is 0 Å². The summed E-state index contributed by atoms with van der Waals surface area (Å²) >= 11 is 0. The monoisotopic (exact) mass is 274 g/mol. The Balaban J connectivity index is 1.77. The Morgan fingerprint density at radius 1 is 1.35 bits per heavy atom. The highest BCUT2D eigenvalue weighted by atomic mass is 16.5. The SMILES string of the molecule is CC1CCN(C(=O)c2ccc3c(c2)OCC(=O)N3)CC1. The molecule has 1 fully saturated rings. The molecule has 106 valence electrons. The molecule has 0 saturated carbocycles. The van der Waals surface area contributed by atoms with Crippen molar-refractivity contribution in [3.63, 3.8) is 0 Å². The fourth-order valence-electron chi connectivity index (χ4n) is 2.60. The molecule has 0 radical (unpaired) electrons. The van der Waals surface area contributed by atoms with E-state index in [1.807, 2.05) is 4.90 Å². The molecule has 2 aliphatic rings. The molecule has 1 N–H and O–H groups in total. The van der Waals surface area contributed by atoms with Crippen LogP contribution in [0, 0.1) is 5.92 Å². The van der Waals surface area contributed by atoms with E-state index in [9.17, 15) is 9.59 Å². The number of carbonyl (C=O) groups excluding carboxylic acids is 2. The number of rotatable bonds is 1. The largest absolute Gasteiger partial charge is 0.482 e. The van der Waals surface area contributed by atoms with Crippen molar-refractivity contribution in [1.82, 2.24) is 4.90 Å². The number of ether oxygens (including phenoxy) is 1. The number of hydrogen-bond donors (Lipinski definition) is 1. The molecule has 3 rings (SSSR count). The number of likely N-dealkylation sites (tertiary alicyclic amines) is 1. The summed E-state index contributed by atoms with van der Waals surface area (Å²) in [6.07, 6.45) is 2.12. The summed E-state index contributed by atoms with van der Waals surface area (Å²) in [5.41, 5.74) is 1.25. The lowest BCUT2D eigenvalue weighted by atomic mass is 9.98. The second kappa shape index (κ2) is 5.15. The number of amides is 2. The van der Waals surface area contributed by atoms with E-state index in [-0.39, 0.29) is 18.4 Å². The zero-order chi connectivity index (χ0) is 14.1. The fraction of sp³-hybridized carbons (Fsp3) is 0.467. The van der Waals surface area contributed by atoms with E-state index < -0.39 is 0 Å². The minimum absolute atomic E-state index is 0.00583. The molecule has 5 nitrogen and oxygen atoms in total. The highest BCUT2D eigenvalue weighted by Gasteiger charge is 2.23. The number of nitrogens with zero attached hydrogens (tertiary/aromatic N) is 1. The molecule has 0 aliphatic carbocycles. The summed E-state index contributed by atoms with van der Waals surface area (Å²) in [5, 5.41) is 2.72. The average Bonchev–Trinajstić information content (AvgIpc) is 2.47. The van der Waals surface area contributed by atoms with Crippen molar-refractivity contribution < 1.29 is 14.3 Å². The fourth-order valence-corrected chi connectivity index (χ4v) is 2.60. The minimum atomic E-state index is -0.165. The predicted octanol–water partition coefficient (Wildman–Crippen LogP) is 1.89. The molecule has 1 saturated heterocycles. The van der Waals surface area contributed by atoms with Gasteiger partial charge in [0.05, 0.1) is 5.69 Å². The first-order valence-electron chi connectivity index (χ1n) is 6.99. The highest BCUT2D eigenvalue weighted by molar-refractivity contribution is 5.99. The zero-order valence-corrected chi connectivity index (χ0v) is 11.5. The molecule has 2 heterocycles. The van der Waals surface area contributed by atoms with Crippen molar-refractivity contribution in [2.75, 3.05) is 25.0 Å². The van der Waals surface area contributed by atoms with Crippen LogP contribution >= 0.6 is 0 Å². The maximum Gasteiger partial charge on any atom is 0.262 e. The van der Waals surface area contributed by atoms with E-state index in [4.69, 9.17) is 4.74 Å². The molecule has 20 heavy (non-hydrogen) atoms. The van der Waals surface area contributed by atoms with E-state index in [2.05, 4.69) is 12.2 Å². The molecule has 1 aromatic carbocycles. The van der Waals surface area contributed by atoms with Crippen molar-refractivity contribution in [3.05, 3.63) is 23.8 Å². The minimum Gasteiger partial charge on any atom is -0.482 e. The molecular weight excluding hydrogens is 256 g/mol. The molecule has 0 unspecified atom stereocenters. The second-order valence-corrected chi connectivity index (χ2v) is 5.52. The summed E-state index contributed by atoms with van der Waals surface area (Å²) in [6.45, 7) is 3.85. The smallest absolute Gasteiger partial charge is 0.262 e. The van der Waals surface area contributed by atoms with Crippen molar-refractivity contribution in [2.45, 2.75) is 19.8 Å². The Hall–Kier alpha value is -2.04. The highest BCUT2D eigenvalue weighted by Crippen LogP contribution is 2.29. The van der Waals surface area contributed by atoms with E-state index in [0.29, 0.717) is 22.9 Å². The van der Waals surface area contributed by atoms with Gasteiger partial charge in [0.2, 0.25) is 0 Å². The first-order valence-corrected chi connectivity index (χ1v) is 6.99. The standard InChI is InChI=1S/C15H18N2O3/c1-10-4-6-17(7-5-10)15(19)11-2-3-12-13(8-11)20-9-14(18)16-12/h2-3,8,10H,4-7,9H2,1H3,(H,16,18). The summed E-state index contributed by atoms with van der Waals surface area (Å²) in [7, 11) is 0. The number of benzene rings is 1. The van der Waals surface area contributed by atoms with Crippen LogP contribution in [0.2, 0.25) is 0 Å². The van der Waals surface area contributed by atoms with Gasteiger partial charge in [0.1, 0.15) is 5.75 Å². The molecule has 0 aromatic heterocycles. The maximum atomic E-state index is 12.4.